The van der Waals surface area contributed by atoms with Crippen molar-refractivity contribution in [3.8, 4) is 5.75 Å². The third kappa shape index (κ3) is 2.71. The van der Waals surface area contributed by atoms with Crippen molar-refractivity contribution in [3.63, 3.8) is 0 Å². The second-order valence-corrected chi connectivity index (χ2v) is 4.70. The van der Waals surface area contributed by atoms with Crippen LogP contribution in [0.3, 0.4) is 0 Å². The zero-order valence-corrected chi connectivity index (χ0v) is 11.3. The van der Waals surface area contributed by atoms with E-state index in [1.807, 2.05) is 0 Å². The highest BCUT2D eigenvalue weighted by molar-refractivity contribution is 9.10. The van der Waals surface area contributed by atoms with E-state index in [1.165, 1.54) is 6.07 Å². The zero-order valence-electron chi connectivity index (χ0n) is 9.73. The van der Waals surface area contributed by atoms with Crippen LogP contribution in [0.1, 0.15) is 17.2 Å². The van der Waals surface area contributed by atoms with Crippen molar-refractivity contribution in [2.24, 2.45) is 0 Å². The number of ether oxygens (including phenoxy) is 1. The Hall–Kier alpha value is -1.39. The van der Waals surface area contributed by atoms with Crippen molar-refractivity contribution in [2.75, 3.05) is 7.11 Å². The Balaban J connectivity index is 2.28. The van der Waals surface area contributed by atoms with Crippen LogP contribution in [-0.4, -0.2) is 12.2 Å². The van der Waals surface area contributed by atoms with E-state index >= 15 is 0 Å². The van der Waals surface area contributed by atoms with Crippen LogP contribution >= 0.6 is 15.9 Å². The highest BCUT2D eigenvalue weighted by atomic mass is 79.9. The number of aliphatic hydroxyl groups excluding tert-OH is 1. The molecule has 2 nitrogen and oxygen atoms in total. The first-order chi connectivity index (χ1) is 8.61. The summed E-state index contributed by atoms with van der Waals surface area (Å²) in [5.41, 5.74) is 1.21. The molecule has 0 aliphatic heterocycles. The molecule has 0 saturated heterocycles. The van der Waals surface area contributed by atoms with Crippen LogP contribution in [-0.2, 0) is 0 Å². The quantitative estimate of drug-likeness (QED) is 0.937. The summed E-state index contributed by atoms with van der Waals surface area (Å²) >= 11 is 3.08. The van der Waals surface area contributed by atoms with Gasteiger partial charge in [-0.1, -0.05) is 18.2 Å². The molecule has 18 heavy (non-hydrogen) atoms. The van der Waals surface area contributed by atoms with E-state index in [2.05, 4.69) is 15.9 Å². The fourth-order valence-corrected chi connectivity index (χ4v) is 1.91. The lowest BCUT2D eigenvalue weighted by Gasteiger charge is -2.12. The van der Waals surface area contributed by atoms with Crippen LogP contribution < -0.4 is 4.74 Å². The van der Waals surface area contributed by atoms with Gasteiger partial charge in [0, 0.05) is 0 Å². The maximum absolute atomic E-state index is 13.4. The molecule has 0 radical (unpaired) electrons. The van der Waals surface area contributed by atoms with Gasteiger partial charge < -0.3 is 9.84 Å². The maximum atomic E-state index is 13.4. The molecule has 1 unspecified atom stereocenters. The summed E-state index contributed by atoms with van der Waals surface area (Å²) in [5.74, 6) is 0.327. The van der Waals surface area contributed by atoms with Gasteiger partial charge in [-0.3, -0.25) is 0 Å². The lowest BCUT2D eigenvalue weighted by molar-refractivity contribution is 0.219. The van der Waals surface area contributed by atoms with Gasteiger partial charge in [-0.15, -0.1) is 0 Å². The molecule has 2 aromatic rings. The first-order valence-electron chi connectivity index (χ1n) is 5.39. The van der Waals surface area contributed by atoms with Crippen LogP contribution in [0.15, 0.2) is 46.9 Å². The standard InChI is InChI=1S/C14H12BrFO2/c1-18-11-5-2-9(3-6-11)14(17)10-4-7-12(15)13(16)8-10/h2-8,14,17H,1H3. The van der Waals surface area contributed by atoms with Gasteiger partial charge in [0.2, 0.25) is 0 Å². The van der Waals surface area contributed by atoms with E-state index in [-0.39, 0.29) is 5.82 Å². The second-order valence-electron chi connectivity index (χ2n) is 3.85. The molecule has 0 saturated carbocycles. The molecule has 0 bridgehead atoms. The molecule has 0 aromatic heterocycles. The van der Waals surface area contributed by atoms with Gasteiger partial charge >= 0.3 is 0 Å². The predicted octanol–water partition coefficient (Wildman–Crippen LogP) is 3.68. The van der Waals surface area contributed by atoms with Gasteiger partial charge in [0.05, 0.1) is 11.6 Å². The highest BCUT2D eigenvalue weighted by Crippen LogP contribution is 2.26. The van der Waals surface area contributed by atoms with Crippen molar-refractivity contribution in [1.29, 1.82) is 0 Å². The van der Waals surface area contributed by atoms with Crippen molar-refractivity contribution in [3.05, 3.63) is 63.9 Å². The fourth-order valence-electron chi connectivity index (χ4n) is 1.66. The Labute approximate surface area is 113 Å². The summed E-state index contributed by atoms with van der Waals surface area (Å²) < 4.78 is 18.8. The van der Waals surface area contributed by atoms with Crippen molar-refractivity contribution >= 4 is 15.9 Å². The Bertz CT molecular complexity index is 540. The van der Waals surface area contributed by atoms with Gasteiger partial charge in [0.1, 0.15) is 17.7 Å². The normalized spacial score (nSPS) is 12.2. The number of aliphatic hydroxyl groups is 1. The van der Waals surface area contributed by atoms with Gasteiger partial charge in [-0.2, -0.15) is 0 Å². The van der Waals surface area contributed by atoms with E-state index in [9.17, 15) is 9.50 Å². The Morgan fingerprint density at radius 2 is 1.72 bits per heavy atom. The van der Waals surface area contributed by atoms with Gasteiger partial charge in [0.15, 0.2) is 0 Å². The first-order valence-corrected chi connectivity index (χ1v) is 6.18. The summed E-state index contributed by atoms with van der Waals surface area (Å²) in [6, 6.07) is 11.6. The largest absolute Gasteiger partial charge is 0.497 e. The Kier molecular flexibility index (Phi) is 3.99. The summed E-state index contributed by atoms with van der Waals surface area (Å²) in [5, 5.41) is 10.1. The molecule has 4 heteroatoms. The van der Waals surface area contributed by atoms with E-state index in [0.717, 1.165) is 0 Å². The van der Waals surface area contributed by atoms with Crippen molar-refractivity contribution < 1.29 is 14.2 Å². The van der Waals surface area contributed by atoms with Crippen LogP contribution in [0.4, 0.5) is 4.39 Å². The topological polar surface area (TPSA) is 29.5 Å². The Morgan fingerprint density at radius 1 is 1.11 bits per heavy atom. The van der Waals surface area contributed by atoms with Crippen LogP contribution in [0.5, 0.6) is 5.75 Å². The molecule has 0 heterocycles. The second kappa shape index (κ2) is 5.50. The molecule has 0 aliphatic carbocycles. The number of benzene rings is 2. The lowest BCUT2D eigenvalue weighted by atomic mass is 10.0. The molecule has 1 N–H and O–H groups in total. The van der Waals surface area contributed by atoms with Gasteiger partial charge in [-0.25, -0.2) is 4.39 Å². The molecule has 2 aromatic carbocycles. The third-order valence-corrected chi connectivity index (χ3v) is 3.33. The van der Waals surface area contributed by atoms with Crippen molar-refractivity contribution in [2.45, 2.75) is 6.10 Å². The zero-order chi connectivity index (χ0) is 13.1. The van der Waals surface area contributed by atoms with Crippen molar-refractivity contribution in [1.82, 2.24) is 0 Å². The highest BCUT2D eigenvalue weighted by Gasteiger charge is 2.12. The van der Waals surface area contributed by atoms with E-state index < -0.39 is 6.10 Å². The predicted molar refractivity (Wildman–Crippen MR) is 71.2 cm³/mol. The summed E-state index contributed by atoms with van der Waals surface area (Å²) in [6.45, 7) is 0. The molecular weight excluding hydrogens is 299 g/mol. The minimum atomic E-state index is -0.849. The average molecular weight is 311 g/mol. The lowest BCUT2D eigenvalue weighted by Crippen LogP contribution is -2.00. The molecule has 0 aliphatic rings. The molecule has 0 fully saturated rings. The minimum absolute atomic E-state index is 0.383. The molecule has 94 valence electrons. The first kappa shape index (κ1) is 13.1. The molecule has 1 atom stereocenters. The van der Waals surface area contributed by atoms with E-state index in [1.54, 1.807) is 43.5 Å². The van der Waals surface area contributed by atoms with Crippen LogP contribution in [0.2, 0.25) is 0 Å². The SMILES string of the molecule is COc1ccc(C(O)c2ccc(Br)c(F)c2)cc1. The van der Waals surface area contributed by atoms with Gasteiger partial charge in [-0.05, 0) is 51.3 Å². The number of hydrogen-bond acceptors (Lipinski definition) is 2. The number of halogens is 2. The van der Waals surface area contributed by atoms with Crippen LogP contribution in [0, 0.1) is 5.82 Å². The average Bonchev–Trinajstić information content (AvgIpc) is 2.41. The van der Waals surface area contributed by atoms with E-state index in [0.29, 0.717) is 21.3 Å². The maximum Gasteiger partial charge on any atom is 0.137 e. The molecule has 2 rings (SSSR count). The molecule has 0 amide bonds. The summed E-state index contributed by atoms with van der Waals surface area (Å²) in [6.07, 6.45) is -0.849. The van der Waals surface area contributed by atoms with Crippen LogP contribution in [0.25, 0.3) is 0 Å². The number of rotatable bonds is 3. The molecular formula is C14H12BrFO2. The van der Waals surface area contributed by atoms with E-state index in [4.69, 9.17) is 4.74 Å². The summed E-state index contributed by atoms with van der Waals surface area (Å²) in [7, 11) is 1.58. The number of methoxy groups -OCH3 is 1. The number of hydrogen-bond donors (Lipinski definition) is 1. The Morgan fingerprint density at radius 3 is 2.28 bits per heavy atom. The van der Waals surface area contributed by atoms with Gasteiger partial charge in [0.25, 0.3) is 0 Å². The summed E-state index contributed by atoms with van der Waals surface area (Å²) in [4.78, 5) is 0. The fraction of sp³-hybridized carbons (Fsp3) is 0.143. The minimum Gasteiger partial charge on any atom is -0.497 e. The smallest absolute Gasteiger partial charge is 0.137 e. The third-order valence-electron chi connectivity index (χ3n) is 2.69. The molecule has 0 spiro atoms. The monoisotopic (exact) mass is 310 g/mol.